The smallest absolute Gasteiger partial charge is 0.170 e. The maximum atomic E-state index is 11.6. The zero-order chi connectivity index (χ0) is 15.5. The second-order valence-corrected chi connectivity index (χ2v) is 7.71. The summed E-state index contributed by atoms with van der Waals surface area (Å²) in [5.41, 5.74) is 8.42. The van der Waals surface area contributed by atoms with Gasteiger partial charge in [-0.3, -0.25) is 4.90 Å². The van der Waals surface area contributed by atoms with Crippen molar-refractivity contribution in [2.24, 2.45) is 10.9 Å². The number of amidine groups is 1. The SMILES string of the molecule is Cc1cc(/C(N)=N/O)ccc1CN1CCCS(=O)(=O)CC1. The Morgan fingerprint density at radius 2 is 2.14 bits per heavy atom. The fourth-order valence-corrected chi connectivity index (χ4v) is 3.79. The minimum absolute atomic E-state index is 0.0884. The molecule has 0 radical (unpaired) electrons. The summed E-state index contributed by atoms with van der Waals surface area (Å²) < 4.78 is 23.2. The third-order valence-electron chi connectivity index (χ3n) is 3.79. The van der Waals surface area contributed by atoms with Crippen LogP contribution < -0.4 is 5.73 Å². The monoisotopic (exact) mass is 311 g/mol. The zero-order valence-corrected chi connectivity index (χ0v) is 12.9. The predicted molar refractivity (Wildman–Crippen MR) is 82.2 cm³/mol. The summed E-state index contributed by atoms with van der Waals surface area (Å²) in [5.74, 6) is 0.602. The molecule has 3 N–H and O–H groups in total. The number of hydrogen-bond acceptors (Lipinski definition) is 5. The van der Waals surface area contributed by atoms with E-state index in [1.165, 1.54) is 0 Å². The fourth-order valence-electron chi connectivity index (χ4n) is 2.48. The van der Waals surface area contributed by atoms with Gasteiger partial charge in [-0.1, -0.05) is 17.3 Å². The van der Waals surface area contributed by atoms with Crippen LogP contribution in [0.2, 0.25) is 0 Å². The molecule has 1 fully saturated rings. The van der Waals surface area contributed by atoms with Crippen molar-refractivity contribution >= 4 is 15.7 Å². The minimum Gasteiger partial charge on any atom is -0.409 e. The average molecular weight is 311 g/mol. The predicted octanol–water partition coefficient (Wildman–Crippen LogP) is 0.710. The van der Waals surface area contributed by atoms with Crippen molar-refractivity contribution < 1.29 is 13.6 Å². The summed E-state index contributed by atoms with van der Waals surface area (Å²) in [5, 5.41) is 11.7. The van der Waals surface area contributed by atoms with Crippen LogP contribution in [-0.4, -0.2) is 49.0 Å². The van der Waals surface area contributed by atoms with Gasteiger partial charge in [-0.2, -0.15) is 0 Å². The Hall–Kier alpha value is -1.60. The Bertz CT molecular complexity index is 641. The number of benzene rings is 1. The zero-order valence-electron chi connectivity index (χ0n) is 12.1. The third-order valence-corrected chi connectivity index (χ3v) is 5.50. The first kappa shape index (κ1) is 15.8. The van der Waals surface area contributed by atoms with Crippen molar-refractivity contribution in [2.45, 2.75) is 19.9 Å². The molecule has 1 saturated heterocycles. The van der Waals surface area contributed by atoms with Crippen molar-refractivity contribution in [3.8, 4) is 0 Å². The number of nitrogens with zero attached hydrogens (tertiary/aromatic N) is 2. The molecule has 7 heteroatoms. The minimum atomic E-state index is -2.88. The van der Waals surface area contributed by atoms with E-state index < -0.39 is 9.84 Å². The van der Waals surface area contributed by atoms with Crippen LogP contribution in [0, 0.1) is 6.92 Å². The first-order valence-corrected chi connectivity index (χ1v) is 8.73. The highest BCUT2D eigenvalue weighted by Crippen LogP contribution is 2.15. The average Bonchev–Trinajstić information content (AvgIpc) is 2.61. The largest absolute Gasteiger partial charge is 0.409 e. The van der Waals surface area contributed by atoms with E-state index >= 15 is 0 Å². The summed E-state index contributed by atoms with van der Waals surface area (Å²) in [6, 6.07) is 5.63. The quantitative estimate of drug-likeness (QED) is 0.371. The molecule has 0 bridgehead atoms. The van der Waals surface area contributed by atoms with Gasteiger partial charge in [0.1, 0.15) is 0 Å². The number of rotatable bonds is 3. The molecule has 0 atom stereocenters. The van der Waals surface area contributed by atoms with Crippen molar-refractivity contribution in [1.82, 2.24) is 4.90 Å². The number of nitrogens with two attached hydrogens (primary N) is 1. The van der Waals surface area contributed by atoms with E-state index in [2.05, 4.69) is 10.1 Å². The van der Waals surface area contributed by atoms with E-state index in [1.54, 1.807) is 0 Å². The van der Waals surface area contributed by atoms with Crippen LogP contribution >= 0.6 is 0 Å². The van der Waals surface area contributed by atoms with Gasteiger partial charge in [0.05, 0.1) is 11.5 Å². The standard InChI is InChI=1S/C14H21N3O3S/c1-11-9-12(14(15)16-18)3-4-13(11)10-17-5-2-7-21(19,20)8-6-17/h3-4,9,18H,2,5-8,10H2,1H3,(H2,15,16). The molecule has 1 aromatic carbocycles. The maximum absolute atomic E-state index is 11.6. The molecular formula is C14H21N3O3S. The van der Waals surface area contributed by atoms with Gasteiger partial charge in [0.2, 0.25) is 0 Å². The highest BCUT2D eigenvalue weighted by molar-refractivity contribution is 7.91. The molecule has 0 aromatic heterocycles. The molecule has 0 aliphatic carbocycles. The van der Waals surface area contributed by atoms with Crippen LogP contribution in [0.4, 0.5) is 0 Å². The molecule has 0 unspecified atom stereocenters. The second kappa shape index (κ2) is 6.44. The van der Waals surface area contributed by atoms with Crippen molar-refractivity contribution in [3.05, 3.63) is 34.9 Å². The Morgan fingerprint density at radius 3 is 2.81 bits per heavy atom. The number of hydrogen-bond donors (Lipinski definition) is 2. The second-order valence-electron chi connectivity index (χ2n) is 5.41. The van der Waals surface area contributed by atoms with Crippen LogP contribution in [0.25, 0.3) is 0 Å². The van der Waals surface area contributed by atoms with E-state index in [0.717, 1.165) is 24.2 Å². The fraction of sp³-hybridized carbons (Fsp3) is 0.500. The Morgan fingerprint density at radius 1 is 1.38 bits per heavy atom. The topological polar surface area (TPSA) is 96.0 Å². The van der Waals surface area contributed by atoms with Gasteiger partial charge in [-0.15, -0.1) is 0 Å². The Balaban J connectivity index is 2.09. The van der Waals surface area contributed by atoms with E-state index in [4.69, 9.17) is 10.9 Å². The highest BCUT2D eigenvalue weighted by Gasteiger charge is 2.19. The van der Waals surface area contributed by atoms with Crippen molar-refractivity contribution in [3.63, 3.8) is 0 Å². The van der Waals surface area contributed by atoms with Gasteiger partial charge >= 0.3 is 0 Å². The maximum Gasteiger partial charge on any atom is 0.170 e. The third kappa shape index (κ3) is 4.18. The lowest BCUT2D eigenvalue weighted by atomic mass is 10.0. The van der Waals surface area contributed by atoms with Gasteiger partial charge in [0.25, 0.3) is 0 Å². The van der Waals surface area contributed by atoms with Crippen LogP contribution in [0.1, 0.15) is 23.1 Å². The van der Waals surface area contributed by atoms with Crippen LogP contribution in [-0.2, 0) is 16.4 Å². The molecule has 1 aliphatic heterocycles. The van der Waals surface area contributed by atoms with Gasteiger partial charge in [-0.05, 0) is 37.1 Å². The normalized spacial score (nSPS) is 20.1. The van der Waals surface area contributed by atoms with E-state index in [9.17, 15) is 8.42 Å². The highest BCUT2D eigenvalue weighted by atomic mass is 32.2. The Labute approximate surface area is 125 Å². The van der Waals surface area contributed by atoms with Gasteiger partial charge in [0, 0.05) is 18.7 Å². The van der Waals surface area contributed by atoms with Gasteiger partial charge in [0.15, 0.2) is 15.7 Å². The van der Waals surface area contributed by atoms with Crippen LogP contribution in [0.15, 0.2) is 23.4 Å². The molecule has 6 nitrogen and oxygen atoms in total. The first-order chi connectivity index (χ1) is 9.91. The van der Waals surface area contributed by atoms with Crippen molar-refractivity contribution in [1.29, 1.82) is 0 Å². The molecule has 1 aliphatic rings. The molecule has 1 heterocycles. The summed E-state index contributed by atoms with van der Waals surface area (Å²) in [6.07, 6.45) is 0.684. The molecule has 0 saturated carbocycles. The molecular weight excluding hydrogens is 290 g/mol. The van der Waals surface area contributed by atoms with E-state index in [1.807, 2.05) is 25.1 Å². The molecule has 21 heavy (non-hydrogen) atoms. The van der Waals surface area contributed by atoms with E-state index in [0.29, 0.717) is 18.5 Å². The summed E-state index contributed by atoms with van der Waals surface area (Å²) >= 11 is 0. The molecule has 0 spiro atoms. The van der Waals surface area contributed by atoms with Gasteiger partial charge in [-0.25, -0.2) is 8.42 Å². The number of aryl methyl sites for hydroxylation is 1. The molecule has 1 aromatic rings. The lowest BCUT2D eigenvalue weighted by Crippen LogP contribution is -2.27. The molecule has 116 valence electrons. The van der Waals surface area contributed by atoms with Crippen molar-refractivity contribution in [2.75, 3.05) is 24.6 Å². The van der Waals surface area contributed by atoms with Crippen LogP contribution in [0.5, 0.6) is 0 Å². The van der Waals surface area contributed by atoms with E-state index in [-0.39, 0.29) is 17.3 Å². The number of sulfone groups is 1. The lowest BCUT2D eigenvalue weighted by Gasteiger charge is -2.20. The summed E-state index contributed by atoms with van der Waals surface area (Å²) in [7, 11) is -2.88. The summed E-state index contributed by atoms with van der Waals surface area (Å²) in [6.45, 7) is 4.06. The number of oxime groups is 1. The first-order valence-electron chi connectivity index (χ1n) is 6.91. The van der Waals surface area contributed by atoms with Crippen LogP contribution in [0.3, 0.4) is 0 Å². The Kier molecular flexibility index (Phi) is 4.84. The van der Waals surface area contributed by atoms with Gasteiger partial charge < -0.3 is 10.9 Å². The molecule has 0 amide bonds. The lowest BCUT2D eigenvalue weighted by molar-refractivity contribution is 0.286. The summed E-state index contributed by atoms with van der Waals surface area (Å²) in [4.78, 5) is 2.16. The molecule has 2 rings (SSSR count).